The van der Waals surface area contributed by atoms with Crippen molar-refractivity contribution >= 4 is 17.4 Å². The van der Waals surface area contributed by atoms with Crippen molar-refractivity contribution in [2.45, 2.75) is 26.9 Å². The first-order valence-corrected chi connectivity index (χ1v) is 6.98. The number of Topliss-reactive ketones (excluding diaryl/α,β-unsaturated/α-hetero) is 1. The Morgan fingerprint density at radius 2 is 1.62 bits per heavy atom. The normalized spacial score (nSPS) is 11.5. The van der Waals surface area contributed by atoms with Gasteiger partial charge in [-0.2, -0.15) is 0 Å². The summed E-state index contributed by atoms with van der Waals surface area (Å²) in [6.07, 6.45) is 0.00782. The van der Waals surface area contributed by atoms with Gasteiger partial charge < -0.3 is 4.74 Å². The largest absolute Gasteiger partial charge is 0.475 e. The lowest BCUT2D eigenvalue weighted by Crippen LogP contribution is -2.13. The van der Waals surface area contributed by atoms with E-state index >= 15 is 0 Å². The number of nitrogens with zero attached hydrogens (tertiary/aromatic N) is 1. The molecule has 2 rings (SSSR count). The average molecular weight is 281 g/mol. The standard InChI is InChI=1S/C18H19NO2/c1-13(2)21-18(15-9-5-4-6-10-15)19-17-12-8-7-11-16(17)14(3)20/h4-13H,1-3H3. The number of ether oxygens (including phenoxy) is 1. The van der Waals surface area contributed by atoms with Gasteiger partial charge in [0.25, 0.3) is 0 Å². The van der Waals surface area contributed by atoms with Gasteiger partial charge in [0.05, 0.1) is 11.8 Å². The summed E-state index contributed by atoms with van der Waals surface area (Å²) in [5.74, 6) is 0.519. The van der Waals surface area contributed by atoms with E-state index in [0.29, 0.717) is 17.1 Å². The van der Waals surface area contributed by atoms with Crippen molar-refractivity contribution in [3.05, 3.63) is 65.7 Å². The van der Waals surface area contributed by atoms with Crippen molar-refractivity contribution in [3.8, 4) is 0 Å². The number of para-hydroxylation sites is 1. The minimum Gasteiger partial charge on any atom is -0.475 e. The van der Waals surface area contributed by atoms with Crippen LogP contribution >= 0.6 is 0 Å². The van der Waals surface area contributed by atoms with Gasteiger partial charge in [-0.15, -0.1) is 0 Å². The minimum absolute atomic E-state index is 0.00782. The van der Waals surface area contributed by atoms with Gasteiger partial charge in [0.1, 0.15) is 0 Å². The van der Waals surface area contributed by atoms with E-state index in [-0.39, 0.29) is 11.9 Å². The summed E-state index contributed by atoms with van der Waals surface area (Å²) >= 11 is 0. The lowest BCUT2D eigenvalue weighted by Gasteiger charge is -2.13. The highest BCUT2D eigenvalue weighted by Gasteiger charge is 2.10. The van der Waals surface area contributed by atoms with Crippen LogP contribution in [0.25, 0.3) is 0 Å². The number of rotatable bonds is 4. The van der Waals surface area contributed by atoms with E-state index in [0.717, 1.165) is 5.56 Å². The van der Waals surface area contributed by atoms with E-state index in [4.69, 9.17) is 4.74 Å². The van der Waals surface area contributed by atoms with Gasteiger partial charge in [-0.1, -0.05) is 30.3 Å². The SMILES string of the molecule is CC(=O)c1ccccc1N=C(OC(C)C)c1ccccc1. The van der Waals surface area contributed by atoms with Crippen LogP contribution in [0.4, 0.5) is 5.69 Å². The third-order valence-electron chi connectivity index (χ3n) is 2.87. The first kappa shape index (κ1) is 15.0. The quantitative estimate of drug-likeness (QED) is 0.473. The van der Waals surface area contributed by atoms with Gasteiger partial charge in [0, 0.05) is 11.1 Å². The molecule has 108 valence electrons. The molecule has 0 aliphatic heterocycles. The Kier molecular flexibility index (Phi) is 4.88. The summed E-state index contributed by atoms with van der Waals surface area (Å²) in [5, 5.41) is 0. The molecule has 2 aromatic rings. The van der Waals surface area contributed by atoms with Gasteiger partial charge >= 0.3 is 0 Å². The van der Waals surface area contributed by atoms with Crippen molar-refractivity contribution < 1.29 is 9.53 Å². The number of hydrogen-bond donors (Lipinski definition) is 0. The molecule has 0 aliphatic carbocycles. The summed E-state index contributed by atoms with van der Waals surface area (Å²) in [6, 6.07) is 17.0. The second-order valence-electron chi connectivity index (χ2n) is 5.02. The molecule has 0 fully saturated rings. The first-order valence-electron chi connectivity index (χ1n) is 6.98. The number of aliphatic imine (C=N–C) groups is 1. The highest BCUT2D eigenvalue weighted by Crippen LogP contribution is 2.21. The molecule has 0 aromatic heterocycles. The summed E-state index contributed by atoms with van der Waals surface area (Å²) in [5.41, 5.74) is 2.12. The molecule has 3 nitrogen and oxygen atoms in total. The smallest absolute Gasteiger partial charge is 0.221 e. The van der Waals surface area contributed by atoms with E-state index in [9.17, 15) is 4.79 Å². The van der Waals surface area contributed by atoms with Crippen LogP contribution in [-0.4, -0.2) is 17.8 Å². The van der Waals surface area contributed by atoms with Crippen LogP contribution < -0.4 is 0 Å². The molecular weight excluding hydrogens is 262 g/mol. The second-order valence-corrected chi connectivity index (χ2v) is 5.02. The first-order chi connectivity index (χ1) is 10.1. The molecule has 0 aliphatic rings. The van der Waals surface area contributed by atoms with E-state index < -0.39 is 0 Å². The van der Waals surface area contributed by atoms with Crippen molar-refractivity contribution in [1.82, 2.24) is 0 Å². The Hall–Kier alpha value is -2.42. The Morgan fingerprint density at radius 3 is 2.24 bits per heavy atom. The number of benzene rings is 2. The molecule has 0 unspecified atom stereocenters. The van der Waals surface area contributed by atoms with Crippen LogP contribution in [0.15, 0.2) is 59.6 Å². The molecule has 0 radical (unpaired) electrons. The molecule has 0 bridgehead atoms. The zero-order valence-electron chi connectivity index (χ0n) is 12.5. The molecule has 0 atom stereocenters. The van der Waals surface area contributed by atoms with Gasteiger partial charge in [-0.05, 0) is 45.0 Å². The van der Waals surface area contributed by atoms with Gasteiger partial charge in [0.2, 0.25) is 5.90 Å². The Morgan fingerprint density at radius 1 is 1.00 bits per heavy atom. The zero-order chi connectivity index (χ0) is 15.2. The van der Waals surface area contributed by atoms with Gasteiger partial charge in [0.15, 0.2) is 5.78 Å². The third-order valence-corrected chi connectivity index (χ3v) is 2.87. The summed E-state index contributed by atoms with van der Waals surface area (Å²) in [6.45, 7) is 5.45. The fourth-order valence-corrected chi connectivity index (χ4v) is 1.94. The highest BCUT2D eigenvalue weighted by molar-refractivity contribution is 6.02. The average Bonchev–Trinajstić information content (AvgIpc) is 2.47. The monoisotopic (exact) mass is 281 g/mol. The number of carbonyl (C=O) groups is 1. The van der Waals surface area contributed by atoms with Crippen LogP contribution in [0.1, 0.15) is 36.7 Å². The fourth-order valence-electron chi connectivity index (χ4n) is 1.94. The van der Waals surface area contributed by atoms with E-state index in [1.165, 1.54) is 0 Å². The van der Waals surface area contributed by atoms with Crippen LogP contribution in [0, 0.1) is 0 Å². The molecule has 0 spiro atoms. The molecular formula is C18H19NO2. The van der Waals surface area contributed by atoms with Gasteiger partial charge in [-0.25, -0.2) is 4.99 Å². The van der Waals surface area contributed by atoms with Crippen molar-refractivity contribution in [2.75, 3.05) is 0 Å². The topological polar surface area (TPSA) is 38.7 Å². The van der Waals surface area contributed by atoms with Crippen LogP contribution in [0.5, 0.6) is 0 Å². The van der Waals surface area contributed by atoms with Gasteiger partial charge in [-0.3, -0.25) is 4.79 Å². The number of hydrogen-bond acceptors (Lipinski definition) is 3. The summed E-state index contributed by atoms with van der Waals surface area (Å²) in [7, 11) is 0. The summed E-state index contributed by atoms with van der Waals surface area (Å²) in [4.78, 5) is 16.3. The van der Waals surface area contributed by atoms with Crippen LogP contribution in [0.3, 0.4) is 0 Å². The molecule has 2 aromatic carbocycles. The molecule has 0 saturated heterocycles. The van der Waals surface area contributed by atoms with E-state index in [1.807, 2.05) is 62.4 Å². The lowest BCUT2D eigenvalue weighted by atomic mass is 10.1. The number of carbonyl (C=O) groups excluding carboxylic acids is 1. The predicted molar refractivity (Wildman–Crippen MR) is 85.3 cm³/mol. The Labute approximate surface area is 125 Å². The maximum atomic E-state index is 11.7. The second kappa shape index (κ2) is 6.84. The third kappa shape index (κ3) is 4.02. The molecule has 0 saturated carbocycles. The Bertz CT molecular complexity index is 645. The minimum atomic E-state index is -0.00805. The van der Waals surface area contributed by atoms with Crippen molar-refractivity contribution in [1.29, 1.82) is 0 Å². The molecule has 0 heterocycles. The van der Waals surface area contributed by atoms with Crippen LogP contribution in [0.2, 0.25) is 0 Å². The molecule has 3 heteroatoms. The van der Waals surface area contributed by atoms with E-state index in [1.54, 1.807) is 13.0 Å². The maximum Gasteiger partial charge on any atom is 0.221 e. The highest BCUT2D eigenvalue weighted by atomic mass is 16.5. The predicted octanol–water partition coefficient (Wildman–Crippen LogP) is 4.39. The van der Waals surface area contributed by atoms with Crippen molar-refractivity contribution in [2.24, 2.45) is 4.99 Å². The van der Waals surface area contributed by atoms with Crippen molar-refractivity contribution in [3.63, 3.8) is 0 Å². The molecule has 0 amide bonds. The fraction of sp³-hybridized carbons (Fsp3) is 0.222. The van der Waals surface area contributed by atoms with Crippen LogP contribution in [-0.2, 0) is 4.74 Å². The number of ketones is 1. The lowest BCUT2D eigenvalue weighted by molar-refractivity contribution is 0.101. The van der Waals surface area contributed by atoms with E-state index in [2.05, 4.69) is 4.99 Å². The maximum absolute atomic E-state index is 11.7. The Balaban J connectivity index is 2.49. The summed E-state index contributed by atoms with van der Waals surface area (Å²) < 4.78 is 5.81. The molecule has 0 N–H and O–H groups in total. The zero-order valence-corrected chi connectivity index (χ0v) is 12.5. The molecule has 21 heavy (non-hydrogen) atoms.